The zero-order valence-corrected chi connectivity index (χ0v) is 13.6. The van der Waals surface area contributed by atoms with Crippen molar-refractivity contribution in [3.05, 3.63) is 0 Å². The molecule has 1 saturated heterocycles. The first-order valence-electron chi connectivity index (χ1n) is 7.82. The number of hydrogen-bond acceptors (Lipinski definition) is 3. The number of nitrogens with zero attached hydrogens (tertiary/aromatic N) is 1. The number of piperidine rings is 1. The molecule has 4 nitrogen and oxygen atoms in total. The maximum absolute atomic E-state index is 12.1. The van der Waals surface area contributed by atoms with Gasteiger partial charge in [-0.15, -0.1) is 12.4 Å². The normalized spacial score (nSPS) is 35.1. The number of carbonyl (C=O) groups excluding carboxylic acids is 1. The van der Waals surface area contributed by atoms with E-state index in [0.29, 0.717) is 24.5 Å². The number of rotatable bonds is 3. The van der Waals surface area contributed by atoms with Gasteiger partial charge in [0.05, 0.1) is 6.54 Å². The van der Waals surface area contributed by atoms with E-state index in [0.717, 1.165) is 38.3 Å². The maximum atomic E-state index is 12.1. The smallest absolute Gasteiger partial charge is 0.234 e. The van der Waals surface area contributed by atoms with Crippen LogP contribution in [0.3, 0.4) is 0 Å². The molecule has 0 bridgehead atoms. The van der Waals surface area contributed by atoms with Gasteiger partial charge in [0.15, 0.2) is 0 Å². The molecule has 1 heterocycles. The molecule has 1 saturated carbocycles. The standard InChI is InChI=1S/C15H29N3O.ClH/c1-11-3-5-13(6-4-11)17-15(19)10-18-8-7-14(16)12(2)9-18;/h11-14H,3-10,16H2,1-2H3,(H,17,19);1H. The molecule has 0 radical (unpaired) electrons. The highest BCUT2D eigenvalue weighted by atomic mass is 35.5. The van der Waals surface area contributed by atoms with Crippen LogP contribution in [0.25, 0.3) is 0 Å². The minimum absolute atomic E-state index is 0. The second-order valence-corrected chi connectivity index (χ2v) is 6.69. The summed E-state index contributed by atoms with van der Waals surface area (Å²) in [6, 6.07) is 0.715. The molecule has 20 heavy (non-hydrogen) atoms. The van der Waals surface area contributed by atoms with Crippen LogP contribution in [0.5, 0.6) is 0 Å². The zero-order chi connectivity index (χ0) is 13.8. The van der Waals surface area contributed by atoms with Crippen molar-refractivity contribution in [1.29, 1.82) is 0 Å². The van der Waals surface area contributed by atoms with E-state index < -0.39 is 0 Å². The molecule has 0 aromatic rings. The molecule has 1 aliphatic heterocycles. The molecular weight excluding hydrogens is 274 g/mol. The van der Waals surface area contributed by atoms with Crippen molar-refractivity contribution in [1.82, 2.24) is 10.2 Å². The third-order valence-electron chi connectivity index (χ3n) is 4.80. The topological polar surface area (TPSA) is 58.4 Å². The monoisotopic (exact) mass is 303 g/mol. The fourth-order valence-corrected chi connectivity index (χ4v) is 3.27. The first-order chi connectivity index (χ1) is 9.04. The SMILES string of the molecule is CC1CCC(NC(=O)CN2CCC(N)C(C)C2)CC1.Cl. The summed E-state index contributed by atoms with van der Waals surface area (Å²) in [4.78, 5) is 14.3. The maximum Gasteiger partial charge on any atom is 0.234 e. The lowest BCUT2D eigenvalue weighted by atomic mass is 9.87. The number of hydrogen-bond donors (Lipinski definition) is 2. The molecule has 2 atom stereocenters. The van der Waals surface area contributed by atoms with E-state index in [1.165, 1.54) is 12.8 Å². The first-order valence-corrected chi connectivity index (χ1v) is 7.82. The Labute approximate surface area is 129 Å². The van der Waals surface area contributed by atoms with Crippen LogP contribution in [0.2, 0.25) is 0 Å². The predicted molar refractivity (Wildman–Crippen MR) is 85.0 cm³/mol. The van der Waals surface area contributed by atoms with Crippen molar-refractivity contribution >= 4 is 18.3 Å². The summed E-state index contributed by atoms with van der Waals surface area (Å²) >= 11 is 0. The van der Waals surface area contributed by atoms with Gasteiger partial charge in [0.1, 0.15) is 0 Å². The fourth-order valence-electron chi connectivity index (χ4n) is 3.27. The minimum atomic E-state index is 0. The van der Waals surface area contributed by atoms with Gasteiger partial charge < -0.3 is 11.1 Å². The quantitative estimate of drug-likeness (QED) is 0.835. The van der Waals surface area contributed by atoms with Gasteiger partial charge in [0.25, 0.3) is 0 Å². The van der Waals surface area contributed by atoms with E-state index in [2.05, 4.69) is 24.1 Å². The second kappa shape index (κ2) is 8.20. The fraction of sp³-hybridized carbons (Fsp3) is 0.933. The molecule has 5 heteroatoms. The van der Waals surface area contributed by atoms with Gasteiger partial charge in [-0.3, -0.25) is 9.69 Å². The van der Waals surface area contributed by atoms with Crippen molar-refractivity contribution < 1.29 is 4.79 Å². The Bertz CT molecular complexity index is 305. The van der Waals surface area contributed by atoms with Crippen molar-refractivity contribution in [2.45, 2.75) is 58.0 Å². The van der Waals surface area contributed by atoms with Gasteiger partial charge in [-0.05, 0) is 43.9 Å². The Balaban J connectivity index is 0.00000200. The van der Waals surface area contributed by atoms with Crippen molar-refractivity contribution in [3.63, 3.8) is 0 Å². The predicted octanol–water partition coefficient (Wildman–Crippen LogP) is 1.77. The van der Waals surface area contributed by atoms with Gasteiger partial charge in [-0.1, -0.05) is 13.8 Å². The van der Waals surface area contributed by atoms with Gasteiger partial charge in [-0.25, -0.2) is 0 Å². The average molecular weight is 304 g/mol. The van der Waals surface area contributed by atoms with Crippen LogP contribution >= 0.6 is 12.4 Å². The number of carbonyl (C=O) groups is 1. The molecule has 3 N–H and O–H groups in total. The minimum Gasteiger partial charge on any atom is -0.352 e. The van der Waals surface area contributed by atoms with Crippen LogP contribution in [0.1, 0.15) is 46.0 Å². The third kappa shape index (κ3) is 5.23. The second-order valence-electron chi connectivity index (χ2n) is 6.69. The molecule has 2 aliphatic rings. The van der Waals surface area contributed by atoms with Crippen LogP contribution in [0, 0.1) is 11.8 Å². The Morgan fingerprint density at radius 2 is 1.85 bits per heavy atom. The lowest BCUT2D eigenvalue weighted by Gasteiger charge is -2.35. The molecular formula is C15H30ClN3O. The number of likely N-dealkylation sites (tertiary alicyclic amines) is 1. The van der Waals surface area contributed by atoms with Gasteiger partial charge in [0, 0.05) is 25.2 Å². The van der Waals surface area contributed by atoms with Crippen molar-refractivity contribution in [2.75, 3.05) is 19.6 Å². The summed E-state index contributed by atoms with van der Waals surface area (Å²) in [5.74, 6) is 1.52. The highest BCUT2D eigenvalue weighted by molar-refractivity contribution is 5.85. The van der Waals surface area contributed by atoms with Crippen molar-refractivity contribution in [3.8, 4) is 0 Å². The Morgan fingerprint density at radius 3 is 2.45 bits per heavy atom. The Morgan fingerprint density at radius 1 is 1.20 bits per heavy atom. The summed E-state index contributed by atoms with van der Waals surface area (Å²) in [7, 11) is 0. The lowest BCUT2D eigenvalue weighted by molar-refractivity contribution is -0.123. The number of nitrogens with two attached hydrogens (primary N) is 1. The third-order valence-corrected chi connectivity index (χ3v) is 4.80. The number of nitrogens with one attached hydrogen (secondary N) is 1. The highest BCUT2D eigenvalue weighted by Gasteiger charge is 2.25. The van der Waals surface area contributed by atoms with Crippen LogP contribution in [-0.4, -0.2) is 42.5 Å². The molecule has 0 aromatic heterocycles. The molecule has 118 valence electrons. The van der Waals surface area contributed by atoms with E-state index in [-0.39, 0.29) is 18.3 Å². The van der Waals surface area contributed by atoms with E-state index >= 15 is 0 Å². The van der Waals surface area contributed by atoms with Crippen LogP contribution in [0.15, 0.2) is 0 Å². The number of amides is 1. The average Bonchev–Trinajstić information content (AvgIpc) is 2.37. The van der Waals surface area contributed by atoms with Gasteiger partial charge in [-0.2, -0.15) is 0 Å². The molecule has 1 amide bonds. The van der Waals surface area contributed by atoms with E-state index in [4.69, 9.17) is 5.73 Å². The Hall–Kier alpha value is -0.320. The van der Waals surface area contributed by atoms with E-state index in [1.807, 2.05) is 0 Å². The molecule has 0 aromatic carbocycles. The summed E-state index contributed by atoms with van der Waals surface area (Å²) in [5, 5.41) is 3.20. The largest absolute Gasteiger partial charge is 0.352 e. The summed E-state index contributed by atoms with van der Waals surface area (Å²) in [6.07, 6.45) is 5.80. The van der Waals surface area contributed by atoms with Crippen LogP contribution in [0.4, 0.5) is 0 Å². The van der Waals surface area contributed by atoms with E-state index in [9.17, 15) is 4.79 Å². The number of halogens is 1. The highest BCUT2D eigenvalue weighted by Crippen LogP contribution is 2.23. The van der Waals surface area contributed by atoms with Gasteiger partial charge >= 0.3 is 0 Å². The van der Waals surface area contributed by atoms with Crippen LogP contribution < -0.4 is 11.1 Å². The molecule has 2 rings (SSSR count). The zero-order valence-electron chi connectivity index (χ0n) is 12.8. The molecule has 2 unspecified atom stereocenters. The van der Waals surface area contributed by atoms with Crippen molar-refractivity contribution in [2.24, 2.45) is 17.6 Å². The summed E-state index contributed by atoms with van der Waals surface area (Å²) < 4.78 is 0. The lowest BCUT2D eigenvalue weighted by Crippen LogP contribution is -2.50. The van der Waals surface area contributed by atoms with E-state index in [1.54, 1.807) is 0 Å². The summed E-state index contributed by atoms with van der Waals surface area (Å²) in [5.41, 5.74) is 6.01. The molecule has 2 fully saturated rings. The molecule has 0 spiro atoms. The first kappa shape index (κ1) is 17.7. The van der Waals surface area contributed by atoms with Crippen LogP contribution in [-0.2, 0) is 4.79 Å². The Kier molecular flexibility index (Phi) is 7.27. The summed E-state index contributed by atoms with van der Waals surface area (Å²) in [6.45, 7) is 6.94. The van der Waals surface area contributed by atoms with Gasteiger partial charge in [0.2, 0.25) is 5.91 Å². The molecule has 1 aliphatic carbocycles.